The fourth-order valence-corrected chi connectivity index (χ4v) is 9.17. The molecule has 6 aromatic carbocycles. The number of benzene rings is 6. The summed E-state index contributed by atoms with van der Waals surface area (Å²) in [4.78, 5) is 87.6. The summed E-state index contributed by atoms with van der Waals surface area (Å²) in [6.07, 6.45) is 7.07. The number of hydrogen-bond donors (Lipinski definition) is 0. The molecular formula is C72H50I6N6O14Sm2. The number of pyridine rings is 6. The Labute approximate surface area is 721 Å². The molecule has 0 aliphatic carbocycles. The molecule has 0 aliphatic rings. The van der Waals surface area contributed by atoms with Gasteiger partial charge < -0.3 is 70.4 Å². The summed E-state index contributed by atoms with van der Waals surface area (Å²) in [5.41, 5.74) is 8.26. The number of aromatic nitrogens is 6. The predicted molar refractivity (Wildman–Crippen MR) is 410 cm³/mol. The maximum absolute atomic E-state index is 10.2. The van der Waals surface area contributed by atoms with Gasteiger partial charge in [0.05, 0.1) is 81.4 Å². The van der Waals surface area contributed by atoms with Crippen molar-refractivity contribution in [3.8, 4) is 45.6 Å². The van der Waals surface area contributed by atoms with Crippen LogP contribution in [0.1, 0.15) is 62.1 Å². The molecule has 506 valence electrons. The summed E-state index contributed by atoms with van der Waals surface area (Å²) in [7, 11) is 0. The van der Waals surface area contributed by atoms with E-state index in [9.17, 15) is 59.4 Å². The van der Waals surface area contributed by atoms with Crippen molar-refractivity contribution in [2.45, 2.75) is 0 Å². The minimum Gasteiger partial charge on any atom is -0.545 e. The summed E-state index contributed by atoms with van der Waals surface area (Å²) in [5, 5.41) is 61.2. The van der Waals surface area contributed by atoms with Gasteiger partial charge in [-0.05, 0) is 315 Å². The molecule has 4 N–H and O–H groups in total. The molecule has 12 aromatic rings. The molecule has 0 atom stereocenters. The molecule has 100 heavy (non-hydrogen) atoms. The van der Waals surface area contributed by atoms with Gasteiger partial charge in [-0.15, -0.1) is 0 Å². The van der Waals surface area contributed by atoms with Crippen molar-refractivity contribution in [1.82, 2.24) is 29.9 Å². The summed E-state index contributed by atoms with van der Waals surface area (Å²) in [5.74, 6) is -6.77. The zero-order valence-electron chi connectivity index (χ0n) is 51.2. The van der Waals surface area contributed by atoms with Crippen molar-refractivity contribution >= 4 is 171 Å². The van der Waals surface area contributed by atoms with Crippen LogP contribution in [0.3, 0.4) is 0 Å². The average molecular weight is 2290 g/mol. The molecule has 0 amide bonds. The Hall–Kier alpha value is -5.98. The van der Waals surface area contributed by atoms with E-state index in [1.165, 1.54) is 72.8 Å². The third-order valence-electron chi connectivity index (χ3n) is 11.7. The molecular weight excluding hydrogens is 2230 g/mol. The van der Waals surface area contributed by atoms with Gasteiger partial charge in [0, 0.05) is 46.2 Å². The van der Waals surface area contributed by atoms with Gasteiger partial charge in [-0.3, -0.25) is 19.9 Å². The molecule has 12 rings (SSSR count). The van der Waals surface area contributed by atoms with Crippen molar-refractivity contribution in [1.29, 1.82) is 0 Å². The second kappa shape index (κ2) is 51.2. The van der Waals surface area contributed by atoms with Crippen LogP contribution in [0.15, 0.2) is 280 Å². The molecule has 0 bridgehead atoms. The molecule has 0 spiro atoms. The smallest absolute Gasteiger partial charge is 0.545 e. The molecule has 20 nitrogen and oxygen atoms in total. The van der Waals surface area contributed by atoms with Gasteiger partial charge in [0.2, 0.25) is 0 Å². The van der Waals surface area contributed by atoms with Crippen LogP contribution in [-0.2, 0) is 0 Å². The SMILES string of the molecule is O.O.O=C([O-])c1ccc(I)cc1.O=C([O-])c1ccc(I)cc1.O=C([O-])c1ccc(I)cc1.O=C([O-])c1ccc(I)cc1.O=C([O-])c1ccc(I)cc1.O=C([O-])c1ccc(I)cc1.[Sm+3].[Sm+3].c1ccc(-c2cccc(-c3ccccn3)n2)nc1.c1ccc(-c2cccc(-c3ccccn3)n2)nc1. The van der Waals surface area contributed by atoms with Gasteiger partial charge in [-0.25, -0.2) is 9.97 Å². The number of carbonyl (C=O) groups excluding carboxylic acids is 6. The van der Waals surface area contributed by atoms with Gasteiger partial charge in [0.15, 0.2) is 0 Å². The Morgan fingerprint density at radius 2 is 0.350 bits per heavy atom. The van der Waals surface area contributed by atoms with E-state index in [0.29, 0.717) is 0 Å². The maximum Gasteiger partial charge on any atom is 3.00 e. The van der Waals surface area contributed by atoms with Crippen LogP contribution in [0.5, 0.6) is 0 Å². The molecule has 0 saturated carbocycles. The third-order valence-corrected chi connectivity index (χ3v) is 16.0. The van der Waals surface area contributed by atoms with Gasteiger partial charge in [0.25, 0.3) is 0 Å². The molecule has 6 heterocycles. The van der Waals surface area contributed by atoms with Crippen molar-refractivity contribution in [2.75, 3.05) is 0 Å². The topological polar surface area (TPSA) is 381 Å². The third kappa shape index (κ3) is 35.8. The van der Waals surface area contributed by atoms with E-state index in [2.05, 4.69) is 165 Å². The van der Waals surface area contributed by atoms with Gasteiger partial charge in [-0.2, -0.15) is 0 Å². The minimum absolute atomic E-state index is 0. The summed E-state index contributed by atoms with van der Waals surface area (Å²) in [6.45, 7) is 0. The van der Waals surface area contributed by atoms with Crippen LogP contribution < -0.4 is 30.6 Å². The minimum atomic E-state index is -1.13. The first kappa shape index (κ1) is 92.0. The molecule has 0 aliphatic heterocycles. The average Bonchev–Trinajstić information content (AvgIpc) is 0.848. The molecule has 0 unspecified atom stereocenters. The summed E-state index contributed by atoms with van der Waals surface area (Å²) < 4.78 is 6.10. The van der Waals surface area contributed by atoms with Crippen LogP contribution in [0.25, 0.3) is 45.6 Å². The first-order valence-corrected chi connectivity index (χ1v) is 33.9. The fourth-order valence-electron chi connectivity index (χ4n) is 7.01. The first-order valence-electron chi connectivity index (χ1n) is 27.5. The van der Waals surface area contributed by atoms with Crippen LogP contribution in [0, 0.1) is 102 Å². The van der Waals surface area contributed by atoms with E-state index < -0.39 is 35.8 Å². The molecule has 0 fully saturated rings. The normalized spacial score (nSPS) is 9.26. The van der Waals surface area contributed by atoms with E-state index in [0.717, 1.165) is 67.0 Å². The number of carbonyl (C=O) groups is 6. The predicted octanol–water partition coefficient (Wildman–Crippen LogP) is 8.69. The largest absolute Gasteiger partial charge is 3.00 e. The van der Waals surface area contributed by atoms with Crippen molar-refractivity contribution < 1.29 is 151 Å². The number of nitrogens with zero attached hydrogens (tertiary/aromatic N) is 6. The van der Waals surface area contributed by atoms with Crippen LogP contribution in [-0.4, -0.2) is 76.7 Å². The van der Waals surface area contributed by atoms with Crippen LogP contribution in [0.2, 0.25) is 0 Å². The Kier molecular flexibility index (Phi) is 47.1. The van der Waals surface area contributed by atoms with Crippen LogP contribution in [0.4, 0.5) is 0 Å². The number of halogens is 6. The standard InChI is InChI=1S/2C15H11N3.6C7H5IO2.2H2O.2Sm/c2*1-3-10-16-12(6-1)14-8-5-9-15(18-14)13-7-2-4-11-17-13;6*8-6-3-1-5(2-4-6)7(9)10;;;;/h2*1-11H;6*1-4H,(H,9,10);2*1H2;;/q;;;;;;;;;;2*+3/p-6. The van der Waals surface area contributed by atoms with Crippen LogP contribution >= 0.6 is 136 Å². The van der Waals surface area contributed by atoms with E-state index >= 15 is 0 Å². The summed E-state index contributed by atoms with van der Waals surface area (Å²) in [6, 6.07) is 74.0. The summed E-state index contributed by atoms with van der Waals surface area (Å²) >= 11 is 12.6. The van der Waals surface area contributed by atoms with Crippen molar-refractivity contribution in [3.05, 3.63) is 334 Å². The second-order valence-electron chi connectivity index (χ2n) is 18.4. The fraction of sp³-hybridized carbons (Fsp3) is 0. The number of carboxylic acid groups (broad SMARTS) is 6. The first-order chi connectivity index (χ1) is 46.1. The van der Waals surface area contributed by atoms with Crippen molar-refractivity contribution in [2.24, 2.45) is 0 Å². The monoisotopic (exact) mass is 2290 g/mol. The van der Waals surface area contributed by atoms with E-state index in [-0.39, 0.29) is 125 Å². The molecule has 2 radical (unpaired) electrons. The Morgan fingerprint density at radius 3 is 0.470 bits per heavy atom. The second-order valence-corrected chi connectivity index (χ2v) is 25.9. The Bertz CT molecular complexity index is 3750. The zero-order chi connectivity index (χ0) is 69.8. The number of rotatable bonds is 10. The quantitative estimate of drug-likeness (QED) is 0.115. The molecule has 6 aromatic heterocycles. The van der Waals surface area contributed by atoms with Gasteiger partial charge >= 0.3 is 80.8 Å². The van der Waals surface area contributed by atoms with Crippen molar-refractivity contribution in [3.63, 3.8) is 0 Å². The van der Waals surface area contributed by atoms with Gasteiger partial charge in [0.1, 0.15) is 0 Å². The maximum atomic E-state index is 10.2. The Morgan fingerprint density at radius 1 is 0.210 bits per heavy atom. The zero-order valence-corrected chi connectivity index (χ0v) is 69.4. The number of aromatic carboxylic acids is 6. The molecule has 28 heteroatoms. The Balaban J connectivity index is 0.000000577. The van der Waals surface area contributed by atoms with Gasteiger partial charge in [-0.1, -0.05) is 109 Å². The molecule has 0 saturated heterocycles. The van der Waals surface area contributed by atoms with E-state index in [1.54, 1.807) is 97.6 Å². The van der Waals surface area contributed by atoms with E-state index in [4.69, 9.17) is 0 Å². The van der Waals surface area contributed by atoms with E-state index in [1.807, 2.05) is 109 Å². The number of hydrogen-bond acceptors (Lipinski definition) is 18. The number of carboxylic acids is 6.